The summed E-state index contributed by atoms with van der Waals surface area (Å²) in [6.45, 7) is 1.65. The molecule has 4 saturated carbocycles. The first-order chi connectivity index (χ1) is 14.1. The molecular formula is C21H23ClFN3O4. The van der Waals surface area contributed by atoms with E-state index in [2.05, 4.69) is 16.7 Å². The Labute approximate surface area is 178 Å². The standard InChI is InChI=1S/C21H23ClFN3O4/c1-19(12-24)5-14(6-19)30-8-18(28)26-21-9-20(10-21,11-21)25-17(27)7-29-13-2-3-15(22)16(23)4-13/h2-4,14H,5-11H2,1H3,(H,25,27)(H,26,28)/t14-,19+,20?,21?. The maximum atomic E-state index is 13.4. The van der Waals surface area contributed by atoms with E-state index < -0.39 is 5.82 Å². The fourth-order valence-corrected chi connectivity index (χ4v) is 4.90. The highest BCUT2D eigenvalue weighted by Crippen LogP contribution is 2.60. The van der Waals surface area contributed by atoms with Gasteiger partial charge in [0.05, 0.1) is 22.6 Å². The lowest BCUT2D eigenvalue weighted by Crippen LogP contribution is -2.84. The molecule has 0 atom stereocenters. The number of hydrogen-bond acceptors (Lipinski definition) is 5. The van der Waals surface area contributed by atoms with Crippen molar-refractivity contribution in [3.05, 3.63) is 29.0 Å². The van der Waals surface area contributed by atoms with E-state index in [9.17, 15) is 14.0 Å². The van der Waals surface area contributed by atoms with Crippen LogP contribution in [0.3, 0.4) is 0 Å². The second kappa shape index (κ2) is 7.40. The highest BCUT2D eigenvalue weighted by atomic mass is 35.5. The molecule has 0 aromatic heterocycles. The van der Waals surface area contributed by atoms with E-state index in [1.54, 1.807) is 0 Å². The van der Waals surface area contributed by atoms with E-state index in [0.717, 1.165) is 6.07 Å². The number of amides is 2. The van der Waals surface area contributed by atoms with Gasteiger partial charge in [-0.25, -0.2) is 4.39 Å². The Morgan fingerprint density at radius 2 is 1.80 bits per heavy atom. The van der Waals surface area contributed by atoms with Gasteiger partial charge in [-0.05, 0) is 51.2 Å². The predicted octanol–water partition coefficient (Wildman–Crippen LogP) is 2.47. The summed E-state index contributed by atoms with van der Waals surface area (Å²) in [5.41, 5.74) is -0.901. The van der Waals surface area contributed by atoms with Gasteiger partial charge in [0.2, 0.25) is 5.91 Å². The zero-order chi connectivity index (χ0) is 21.6. The summed E-state index contributed by atoms with van der Waals surface area (Å²) in [6.07, 6.45) is 3.28. The molecule has 4 aliphatic carbocycles. The third kappa shape index (κ3) is 4.09. The lowest BCUT2D eigenvalue weighted by molar-refractivity contribution is -0.155. The summed E-state index contributed by atoms with van der Waals surface area (Å²) in [4.78, 5) is 24.3. The van der Waals surface area contributed by atoms with Gasteiger partial charge in [0, 0.05) is 17.1 Å². The largest absolute Gasteiger partial charge is 0.484 e. The number of halogens is 2. The van der Waals surface area contributed by atoms with E-state index in [1.807, 2.05) is 6.92 Å². The van der Waals surface area contributed by atoms with Crippen molar-refractivity contribution in [2.24, 2.45) is 5.41 Å². The highest BCUT2D eigenvalue weighted by Gasteiger charge is 2.69. The van der Waals surface area contributed by atoms with Crippen LogP contribution in [-0.2, 0) is 14.3 Å². The molecule has 4 fully saturated rings. The van der Waals surface area contributed by atoms with Crippen LogP contribution in [0.25, 0.3) is 0 Å². The van der Waals surface area contributed by atoms with Gasteiger partial charge in [-0.1, -0.05) is 11.6 Å². The summed E-state index contributed by atoms with van der Waals surface area (Å²) in [5, 5.41) is 14.9. The molecule has 0 heterocycles. The molecule has 2 N–H and O–H groups in total. The van der Waals surface area contributed by atoms with Crippen molar-refractivity contribution in [3.8, 4) is 11.8 Å². The Morgan fingerprint density at radius 1 is 1.20 bits per heavy atom. The summed E-state index contributed by atoms with van der Waals surface area (Å²) >= 11 is 5.61. The first-order valence-corrected chi connectivity index (χ1v) is 10.2. The number of nitriles is 1. The number of hydrogen-bond donors (Lipinski definition) is 2. The number of nitrogens with zero attached hydrogens (tertiary/aromatic N) is 1. The van der Waals surface area contributed by atoms with Gasteiger partial charge in [-0.15, -0.1) is 0 Å². The monoisotopic (exact) mass is 435 g/mol. The molecule has 9 heteroatoms. The molecule has 0 saturated heterocycles. The number of ether oxygens (including phenoxy) is 2. The topological polar surface area (TPSA) is 100 Å². The molecule has 4 aliphatic rings. The molecule has 2 amide bonds. The number of rotatable bonds is 8. The molecule has 30 heavy (non-hydrogen) atoms. The minimum atomic E-state index is -0.605. The lowest BCUT2D eigenvalue weighted by atomic mass is 9.44. The maximum absolute atomic E-state index is 13.4. The van der Waals surface area contributed by atoms with Crippen LogP contribution in [0.15, 0.2) is 18.2 Å². The number of nitrogens with one attached hydrogen (secondary N) is 2. The fraction of sp³-hybridized carbons (Fsp3) is 0.571. The molecule has 2 bridgehead atoms. The second-order valence-electron chi connectivity index (χ2n) is 9.07. The van der Waals surface area contributed by atoms with Crippen molar-refractivity contribution in [1.29, 1.82) is 5.26 Å². The Kier molecular flexibility index (Phi) is 5.15. The number of carbonyl (C=O) groups excluding carboxylic acids is 2. The second-order valence-corrected chi connectivity index (χ2v) is 9.47. The van der Waals surface area contributed by atoms with Crippen LogP contribution in [0.4, 0.5) is 4.39 Å². The van der Waals surface area contributed by atoms with Crippen molar-refractivity contribution in [3.63, 3.8) is 0 Å². The average molecular weight is 436 g/mol. The van der Waals surface area contributed by atoms with E-state index in [4.69, 9.17) is 26.3 Å². The maximum Gasteiger partial charge on any atom is 0.258 e. The van der Waals surface area contributed by atoms with E-state index >= 15 is 0 Å². The van der Waals surface area contributed by atoms with Crippen LogP contribution >= 0.6 is 11.6 Å². The van der Waals surface area contributed by atoms with E-state index in [0.29, 0.717) is 32.1 Å². The quantitative estimate of drug-likeness (QED) is 0.653. The molecule has 5 rings (SSSR count). The number of benzene rings is 1. The Morgan fingerprint density at radius 3 is 2.37 bits per heavy atom. The van der Waals surface area contributed by atoms with Crippen LogP contribution in [0.5, 0.6) is 5.75 Å². The molecule has 0 unspecified atom stereocenters. The minimum Gasteiger partial charge on any atom is -0.484 e. The third-order valence-electron chi connectivity index (χ3n) is 6.18. The number of carbonyl (C=O) groups is 2. The summed E-state index contributed by atoms with van der Waals surface area (Å²) < 4.78 is 24.3. The van der Waals surface area contributed by atoms with Gasteiger partial charge >= 0.3 is 0 Å². The van der Waals surface area contributed by atoms with Gasteiger partial charge in [0.25, 0.3) is 5.91 Å². The summed E-state index contributed by atoms with van der Waals surface area (Å²) in [6, 6.07) is 6.25. The molecule has 7 nitrogen and oxygen atoms in total. The van der Waals surface area contributed by atoms with Crippen LogP contribution in [0, 0.1) is 22.6 Å². The van der Waals surface area contributed by atoms with E-state index in [1.165, 1.54) is 12.1 Å². The van der Waals surface area contributed by atoms with Gasteiger partial charge in [-0.2, -0.15) is 5.26 Å². The van der Waals surface area contributed by atoms with Gasteiger partial charge in [0.15, 0.2) is 6.61 Å². The third-order valence-corrected chi connectivity index (χ3v) is 6.48. The van der Waals surface area contributed by atoms with Crippen molar-refractivity contribution >= 4 is 23.4 Å². The van der Waals surface area contributed by atoms with Crippen molar-refractivity contribution < 1.29 is 23.5 Å². The summed E-state index contributed by atoms with van der Waals surface area (Å²) in [5.74, 6) is -0.839. The summed E-state index contributed by atoms with van der Waals surface area (Å²) in [7, 11) is 0. The normalized spacial score (nSPS) is 33.2. The molecule has 160 valence electrons. The molecular weight excluding hydrogens is 413 g/mol. The first kappa shape index (κ1) is 20.9. The Balaban J connectivity index is 1.13. The van der Waals surface area contributed by atoms with Crippen LogP contribution in [-0.4, -0.2) is 42.2 Å². The molecule has 1 aromatic rings. The van der Waals surface area contributed by atoms with Crippen LogP contribution < -0.4 is 15.4 Å². The van der Waals surface area contributed by atoms with Crippen molar-refractivity contribution in [2.75, 3.05) is 13.2 Å². The van der Waals surface area contributed by atoms with Crippen LogP contribution in [0.2, 0.25) is 5.02 Å². The lowest BCUT2D eigenvalue weighted by Gasteiger charge is -2.70. The first-order valence-electron chi connectivity index (χ1n) is 9.87. The van der Waals surface area contributed by atoms with Crippen LogP contribution in [0.1, 0.15) is 39.0 Å². The smallest absolute Gasteiger partial charge is 0.258 e. The zero-order valence-corrected chi connectivity index (χ0v) is 17.4. The van der Waals surface area contributed by atoms with Crippen molar-refractivity contribution in [1.82, 2.24) is 10.6 Å². The van der Waals surface area contributed by atoms with Crippen molar-refractivity contribution in [2.45, 2.75) is 56.2 Å². The molecule has 0 radical (unpaired) electrons. The van der Waals surface area contributed by atoms with Gasteiger partial charge < -0.3 is 20.1 Å². The molecule has 1 aromatic carbocycles. The zero-order valence-electron chi connectivity index (χ0n) is 16.6. The average Bonchev–Trinajstić information content (AvgIpc) is 2.62. The predicted molar refractivity (Wildman–Crippen MR) is 105 cm³/mol. The SMILES string of the molecule is C[C@]1(C#N)C[C@@H](OCC(=O)NC23CC(NC(=O)COc4ccc(Cl)c(F)c4)(C2)C3)C1. The Bertz CT molecular complexity index is 906. The highest BCUT2D eigenvalue weighted by molar-refractivity contribution is 6.30. The minimum absolute atomic E-state index is 0.00765. The molecule has 0 aliphatic heterocycles. The molecule has 0 spiro atoms. The fourth-order valence-electron chi connectivity index (χ4n) is 4.78. The Hall–Kier alpha value is -2.37. The van der Waals surface area contributed by atoms with Gasteiger partial charge in [0.1, 0.15) is 18.2 Å². The van der Waals surface area contributed by atoms with E-state index in [-0.39, 0.29) is 58.4 Å². The van der Waals surface area contributed by atoms with Gasteiger partial charge in [-0.3, -0.25) is 9.59 Å².